The Morgan fingerprint density at radius 1 is 1.07 bits per heavy atom. The molecule has 84 valence electrons. The van der Waals surface area contributed by atoms with E-state index in [1.807, 2.05) is 0 Å². The van der Waals surface area contributed by atoms with Gasteiger partial charge in [-0.15, -0.1) is 12.4 Å². The number of nitrogens with one attached hydrogen (secondary N) is 1. The van der Waals surface area contributed by atoms with Crippen molar-refractivity contribution in [3.8, 4) is 0 Å². The van der Waals surface area contributed by atoms with E-state index in [9.17, 15) is 0 Å². The maximum Gasteiger partial charge on any atom is 0.0279 e. The Labute approximate surface area is 97.6 Å². The average molecular weight is 227 g/mol. The van der Waals surface area contributed by atoms with E-state index in [4.69, 9.17) is 5.84 Å². The molecule has 1 aliphatic rings. The fourth-order valence-electron chi connectivity index (χ4n) is 2.43. The van der Waals surface area contributed by atoms with Crippen molar-refractivity contribution in [3.05, 3.63) is 35.9 Å². The largest absolute Gasteiger partial charge is 0.271 e. The standard InChI is InChI=1S/C12H18N2.ClH/c13-14-12-9-5-4-8-11(12)10-6-2-1-3-7-10;/h1-3,6-7,11-12,14H,4-5,8-9,13H2;1H. The highest BCUT2D eigenvalue weighted by atomic mass is 35.5. The molecule has 1 aromatic carbocycles. The first-order valence-electron chi connectivity index (χ1n) is 5.43. The summed E-state index contributed by atoms with van der Waals surface area (Å²) in [5, 5.41) is 0. The monoisotopic (exact) mass is 226 g/mol. The summed E-state index contributed by atoms with van der Waals surface area (Å²) in [7, 11) is 0. The highest BCUT2D eigenvalue weighted by molar-refractivity contribution is 5.85. The molecule has 0 saturated heterocycles. The minimum absolute atomic E-state index is 0. The van der Waals surface area contributed by atoms with Crippen molar-refractivity contribution >= 4 is 12.4 Å². The van der Waals surface area contributed by atoms with Gasteiger partial charge in [0, 0.05) is 12.0 Å². The minimum Gasteiger partial charge on any atom is -0.271 e. The number of hydrogen-bond acceptors (Lipinski definition) is 2. The third kappa shape index (κ3) is 2.94. The van der Waals surface area contributed by atoms with Gasteiger partial charge in [0.15, 0.2) is 0 Å². The lowest BCUT2D eigenvalue weighted by Gasteiger charge is -2.31. The van der Waals surface area contributed by atoms with E-state index in [1.54, 1.807) is 0 Å². The van der Waals surface area contributed by atoms with Gasteiger partial charge in [-0.25, -0.2) is 0 Å². The van der Waals surface area contributed by atoms with Crippen LogP contribution in [-0.2, 0) is 0 Å². The first-order chi connectivity index (χ1) is 6.92. The number of nitrogens with two attached hydrogens (primary N) is 1. The first-order valence-corrected chi connectivity index (χ1v) is 5.43. The zero-order valence-electron chi connectivity index (χ0n) is 8.86. The predicted molar refractivity (Wildman–Crippen MR) is 66.0 cm³/mol. The second-order valence-electron chi connectivity index (χ2n) is 4.07. The molecule has 0 aromatic heterocycles. The maximum atomic E-state index is 5.58. The van der Waals surface area contributed by atoms with Crippen molar-refractivity contribution in [1.82, 2.24) is 5.43 Å². The molecular formula is C12H19ClN2. The number of rotatable bonds is 2. The second kappa shape index (κ2) is 6.11. The third-order valence-corrected chi connectivity index (χ3v) is 3.21. The third-order valence-electron chi connectivity index (χ3n) is 3.21. The molecule has 1 fully saturated rings. The highest BCUT2D eigenvalue weighted by Crippen LogP contribution is 2.32. The Morgan fingerprint density at radius 2 is 1.73 bits per heavy atom. The van der Waals surface area contributed by atoms with Gasteiger partial charge in [0.1, 0.15) is 0 Å². The summed E-state index contributed by atoms with van der Waals surface area (Å²) in [6.07, 6.45) is 5.10. The van der Waals surface area contributed by atoms with Gasteiger partial charge >= 0.3 is 0 Å². The topological polar surface area (TPSA) is 38.0 Å². The van der Waals surface area contributed by atoms with Crippen molar-refractivity contribution in [2.24, 2.45) is 5.84 Å². The average Bonchev–Trinajstić information content (AvgIpc) is 2.30. The summed E-state index contributed by atoms with van der Waals surface area (Å²) in [6, 6.07) is 11.2. The van der Waals surface area contributed by atoms with Crippen LogP contribution in [0, 0.1) is 0 Å². The molecule has 2 unspecified atom stereocenters. The summed E-state index contributed by atoms with van der Waals surface area (Å²) in [5.41, 5.74) is 4.38. The summed E-state index contributed by atoms with van der Waals surface area (Å²) in [4.78, 5) is 0. The zero-order valence-corrected chi connectivity index (χ0v) is 9.67. The van der Waals surface area contributed by atoms with E-state index in [0.717, 1.165) is 0 Å². The van der Waals surface area contributed by atoms with E-state index >= 15 is 0 Å². The Bertz CT molecular complexity index is 276. The van der Waals surface area contributed by atoms with Gasteiger partial charge in [0.05, 0.1) is 0 Å². The van der Waals surface area contributed by atoms with Gasteiger partial charge < -0.3 is 0 Å². The van der Waals surface area contributed by atoms with Crippen LogP contribution < -0.4 is 11.3 Å². The molecule has 2 rings (SSSR count). The van der Waals surface area contributed by atoms with Crippen molar-refractivity contribution in [2.75, 3.05) is 0 Å². The Hall–Kier alpha value is -0.570. The highest BCUT2D eigenvalue weighted by Gasteiger charge is 2.24. The van der Waals surface area contributed by atoms with Crippen LogP contribution in [-0.4, -0.2) is 6.04 Å². The van der Waals surface area contributed by atoms with Crippen molar-refractivity contribution in [1.29, 1.82) is 0 Å². The molecule has 0 aliphatic heterocycles. The summed E-state index contributed by atoms with van der Waals surface area (Å²) >= 11 is 0. The molecule has 15 heavy (non-hydrogen) atoms. The summed E-state index contributed by atoms with van der Waals surface area (Å²) in [5.74, 6) is 6.19. The van der Waals surface area contributed by atoms with Crippen LogP contribution in [0.25, 0.3) is 0 Å². The van der Waals surface area contributed by atoms with Crippen molar-refractivity contribution in [3.63, 3.8) is 0 Å². The lowest BCUT2D eigenvalue weighted by molar-refractivity contribution is 0.331. The molecule has 1 saturated carbocycles. The Balaban J connectivity index is 0.00000112. The van der Waals surface area contributed by atoms with Gasteiger partial charge in [-0.3, -0.25) is 11.3 Å². The molecule has 3 N–H and O–H groups in total. The molecule has 0 radical (unpaired) electrons. The van der Waals surface area contributed by atoms with Gasteiger partial charge in [-0.1, -0.05) is 43.2 Å². The van der Waals surface area contributed by atoms with Gasteiger partial charge in [-0.2, -0.15) is 0 Å². The van der Waals surface area contributed by atoms with Crippen LogP contribution in [0.2, 0.25) is 0 Å². The number of halogens is 1. The summed E-state index contributed by atoms with van der Waals surface area (Å²) in [6.45, 7) is 0. The van der Waals surface area contributed by atoms with Crippen LogP contribution in [0.5, 0.6) is 0 Å². The van der Waals surface area contributed by atoms with Gasteiger partial charge in [0.2, 0.25) is 0 Å². The minimum atomic E-state index is 0. The molecular weight excluding hydrogens is 208 g/mol. The number of benzene rings is 1. The smallest absolute Gasteiger partial charge is 0.0279 e. The molecule has 2 nitrogen and oxygen atoms in total. The Morgan fingerprint density at radius 3 is 2.40 bits per heavy atom. The number of hydrazine groups is 1. The molecule has 0 spiro atoms. The normalized spacial score (nSPS) is 25.7. The quantitative estimate of drug-likeness (QED) is 0.601. The SMILES string of the molecule is Cl.NNC1CCCCC1c1ccccc1. The molecule has 1 aromatic rings. The zero-order chi connectivity index (χ0) is 9.80. The van der Waals surface area contributed by atoms with Gasteiger partial charge in [0.25, 0.3) is 0 Å². The summed E-state index contributed by atoms with van der Waals surface area (Å²) < 4.78 is 0. The van der Waals surface area contributed by atoms with Crippen molar-refractivity contribution < 1.29 is 0 Å². The van der Waals surface area contributed by atoms with Crippen LogP contribution in [0.4, 0.5) is 0 Å². The molecule has 2 atom stereocenters. The predicted octanol–water partition coefficient (Wildman–Crippen LogP) is 2.60. The van der Waals surface area contributed by atoms with Gasteiger partial charge in [-0.05, 0) is 18.4 Å². The van der Waals surface area contributed by atoms with Crippen LogP contribution >= 0.6 is 12.4 Å². The fraction of sp³-hybridized carbons (Fsp3) is 0.500. The molecule has 0 amide bonds. The van der Waals surface area contributed by atoms with Crippen LogP contribution in [0.3, 0.4) is 0 Å². The Kier molecular flexibility index (Phi) is 5.09. The van der Waals surface area contributed by atoms with E-state index in [0.29, 0.717) is 12.0 Å². The number of hydrogen-bond donors (Lipinski definition) is 2. The maximum absolute atomic E-state index is 5.58. The fourth-order valence-corrected chi connectivity index (χ4v) is 2.43. The van der Waals surface area contributed by atoms with Crippen molar-refractivity contribution in [2.45, 2.75) is 37.6 Å². The van der Waals surface area contributed by atoms with E-state index in [2.05, 4.69) is 35.8 Å². The lowest BCUT2D eigenvalue weighted by Crippen LogP contribution is -2.41. The first kappa shape index (κ1) is 12.5. The van der Waals surface area contributed by atoms with Crippen LogP contribution in [0.15, 0.2) is 30.3 Å². The van der Waals surface area contributed by atoms with E-state index in [1.165, 1.54) is 31.2 Å². The molecule has 0 heterocycles. The van der Waals surface area contributed by atoms with E-state index < -0.39 is 0 Å². The van der Waals surface area contributed by atoms with E-state index in [-0.39, 0.29) is 12.4 Å². The molecule has 3 heteroatoms. The van der Waals surface area contributed by atoms with Crippen LogP contribution in [0.1, 0.15) is 37.2 Å². The molecule has 0 bridgehead atoms. The lowest BCUT2D eigenvalue weighted by atomic mass is 9.80. The molecule has 1 aliphatic carbocycles. The second-order valence-corrected chi connectivity index (χ2v) is 4.07.